The quantitative estimate of drug-likeness (QED) is 0.787. The highest BCUT2D eigenvalue weighted by Crippen LogP contribution is 2.35. The van der Waals surface area contributed by atoms with E-state index >= 15 is 0 Å². The zero-order valence-electron chi connectivity index (χ0n) is 15.0. The van der Waals surface area contributed by atoms with Gasteiger partial charge in [-0.3, -0.25) is 4.79 Å². The number of piperidine rings is 1. The molecule has 2 aliphatic rings. The molecule has 1 fully saturated rings. The van der Waals surface area contributed by atoms with E-state index in [1.54, 1.807) is 0 Å². The summed E-state index contributed by atoms with van der Waals surface area (Å²) >= 11 is 6.08. The fourth-order valence-corrected chi connectivity index (χ4v) is 3.74. The molecule has 1 amide bonds. The highest BCUT2D eigenvalue weighted by atomic mass is 35.5. The van der Waals surface area contributed by atoms with Gasteiger partial charge in [-0.05, 0) is 57.1 Å². The molecule has 1 N–H and O–H groups in total. The van der Waals surface area contributed by atoms with Crippen LogP contribution in [0.2, 0.25) is 5.02 Å². The number of likely N-dealkylation sites (tertiary alicyclic amines) is 1. The summed E-state index contributed by atoms with van der Waals surface area (Å²) in [6.45, 7) is 4.76. The number of carbonyl (C=O) groups excluding carboxylic acids is 1. The lowest BCUT2D eigenvalue weighted by Crippen LogP contribution is -2.44. The first kappa shape index (κ1) is 18.3. The van der Waals surface area contributed by atoms with Crippen LogP contribution < -0.4 is 15.0 Å². The van der Waals surface area contributed by atoms with Gasteiger partial charge in [-0.25, -0.2) is 0 Å². The van der Waals surface area contributed by atoms with Gasteiger partial charge in [0.1, 0.15) is 12.4 Å². The lowest BCUT2D eigenvalue weighted by molar-refractivity contribution is -0.121. The van der Waals surface area contributed by atoms with Crippen molar-refractivity contribution in [1.29, 1.82) is 0 Å². The zero-order chi connectivity index (χ0) is 17.6. The number of hydrogen-bond acceptors (Lipinski definition) is 4. The fourth-order valence-electron chi connectivity index (χ4n) is 3.58. The summed E-state index contributed by atoms with van der Waals surface area (Å²) in [5.74, 6) is 0.912. The molecular formula is C19H28ClN3O2. The molecule has 1 aromatic carbocycles. The minimum absolute atomic E-state index is 0.0352. The molecule has 0 spiro atoms. The number of likely N-dealkylation sites (N-methyl/N-ethyl adjacent to an activating group) is 1. The normalized spacial score (nSPS) is 20.7. The third-order valence-corrected chi connectivity index (χ3v) is 5.36. The van der Waals surface area contributed by atoms with Crippen LogP contribution in [0.15, 0.2) is 18.2 Å². The molecule has 138 valence electrons. The Balaban J connectivity index is 1.40. The monoisotopic (exact) mass is 365 g/mol. The van der Waals surface area contributed by atoms with Crippen molar-refractivity contribution in [2.75, 3.05) is 44.7 Å². The van der Waals surface area contributed by atoms with Crippen molar-refractivity contribution in [1.82, 2.24) is 10.2 Å². The molecule has 0 aromatic heterocycles. The van der Waals surface area contributed by atoms with Crippen LogP contribution in [0.25, 0.3) is 0 Å². The number of nitrogens with one attached hydrogen (secondary N) is 1. The number of anilines is 1. The molecule has 2 aliphatic heterocycles. The second-order valence-electron chi connectivity index (χ2n) is 7.00. The van der Waals surface area contributed by atoms with Gasteiger partial charge in [0, 0.05) is 18.6 Å². The Morgan fingerprint density at radius 1 is 1.32 bits per heavy atom. The summed E-state index contributed by atoms with van der Waals surface area (Å²) in [5, 5.41) is 3.73. The molecule has 6 heteroatoms. The molecule has 2 heterocycles. The average molecular weight is 366 g/mol. The van der Waals surface area contributed by atoms with E-state index in [-0.39, 0.29) is 11.9 Å². The van der Waals surface area contributed by atoms with Crippen LogP contribution in [0.1, 0.15) is 32.1 Å². The SMILES string of the molecule is CN1c2cc(Cl)ccc2OCC1CC(=O)NCCCN1CCCCC1. The number of hydrogen-bond donors (Lipinski definition) is 1. The van der Waals surface area contributed by atoms with Crippen molar-refractivity contribution in [2.45, 2.75) is 38.1 Å². The third kappa shape index (κ3) is 5.02. The molecule has 1 atom stereocenters. The Morgan fingerprint density at radius 2 is 2.12 bits per heavy atom. The molecule has 0 radical (unpaired) electrons. The van der Waals surface area contributed by atoms with Crippen molar-refractivity contribution in [2.24, 2.45) is 0 Å². The first-order valence-corrected chi connectivity index (χ1v) is 9.65. The maximum Gasteiger partial charge on any atom is 0.222 e. The Labute approximate surface area is 155 Å². The Morgan fingerprint density at radius 3 is 2.92 bits per heavy atom. The van der Waals surface area contributed by atoms with Crippen molar-refractivity contribution in [3.8, 4) is 5.75 Å². The van der Waals surface area contributed by atoms with Crippen LogP contribution in [-0.2, 0) is 4.79 Å². The predicted octanol–water partition coefficient (Wildman–Crippen LogP) is 2.92. The largest absolute Gasteiger partial charge is 0.489 e. The van der Waals surface area contributed by atoms with E-state index in [1.807, 2.05) is 25.2 Å². The van der Waals surface area contributed by atoms with Gasteiger partial charge in [0.15, 0.2) is 0 Å². The first-order chi connectivity index (χ1) is 12.1. The first-order valence-electron chi connectivity index (χ1n) is 9.28. The van der Waals surface area contributed by atoms with Gasteiger partial charge in [-0.15, -0.1) is 0 Å². The van der Waals surface area contributed by atoms with Crippen molar-refractivity contribution >= 4 is 23.2 Å². The molecule has 25 heavy (non-hydrogen) atoms. The van der Waals surface area contributed by atoms with E-state index in [9.17, 15) is 4.79 Å². The van der Waals surface area contributed by atoms with Crippen LogP contribution >= 0.6 is 11.6 Å². The minimum Gasteiger partial charge on any atom is -0.489 e. The van der Waals surface area contributed by atoms with Crippen LogP contribution in [0.3, 0.4) is 0 Å². The van der Waals surface area contributed by atoms with Crippen LogP contribution in [-0.4, -0.2) is 56.7 Å². The second kappa shape index (κ2) is 8.77. The molecular weight excluding hydrogens is 338 g/mol. The number of amides is 1. The lowest BCUT2D eigenvalue weighted by atomic mass is 10.1. The predicted molar refractivity (Wildman–Crippen MR) is 102 cm³/mol. The van der Waals surface area contributed by atoms with E-state index in [0.29, 0.717) is 18.1 Å². The van der Waals surface area contributed by atoms with Crippen molar-refractivity contribution < 1.29 is 9.53 Å². The molecule has 0 bridgehead atoms. The van der Waals surface area contributed by atoms with Gasteiger partial charge in [0.05, 0.1) is 18.2 Å². The fraction of sp³-hybridized carbons (Fsp3) is 0.632. The number of rotatable bonds is 6. The van der Waals surface area contributed by atoms with Gasteiger partial charge in [0.25, 0.3) is 0 Å². The molecule has 5 nitrogen and oxygen atoms in total. The summed E-state index contributed by atoms with van der Waals surface area (Å²) < 4.78 is 5.78. The highest BCUT2D eigenvalue weighted by Gasteiger charge is 2.26. The van der Waals surface area contributed by atoms with Crippen LogP contribution in [0.4, 0.5) is 5.69 Å². The van der Waals surface area contributed by atoms with Gasteiger partial charge < -0.3 is 19.9 Å². The second-order valence-corrected chi connectivity index (χ2v) is 7.43. The summed E-state index contributed by atoms with van der Waals surface area (Å²) in [7, 11) is 1.99. The number of ether oxygens (including phenoxy) is 1. The molecule has 3 rings (SSSR count). The molecule has 1 unspecified atom stereocenters. The topological polar surface area (TPSA) is 44.8 Å². The van der Waals surface area contributed by atoms with E-state index < -0.39 is 0 Å². The number of benzene rings is 1. The zero-order valence-corrected chi connectivity index (χ0v) is 15.7. The molecule has 0 saturated carbocycles. The molecule has 1 saturated heterocycles. The third-order valence-electron chi connectivity index (χ3n) is 5.12. The lowest BCUT2D eigenvalue weighted by Gasteiger charge is -2.35. The number of fused-ring (bicyclic) bond motifs is 1. The Kier molecular flexibility index (Phi) is 6.43. The van der Waals surface area contributed by atoms with Gasteiger partial charge in [0.2, 0.25) is 5.91 Å². The summed E-state index contributed by atoms with van der Waals surface area (Å²) in [6.07, 6.45) is 5.43. The number of halogens is 1. The average Bonchev–Trinajstić information content (AvgIpc) is 2.62. The maximum absolute atomic E-state index is 12.3. The standard InChI is InChI=1S/C19H28ClN3O2/c1-22-16(14-25-18-7-6-15(20)12-17(18)22)13-19(24)21-8-5-11-23-9-3-2-4-10-23/h6-7,12,16H,2-5,8-11,13-14H2,1H3,(H,21,24). The Bertz CT molecular complexity index is 590. The van der Waals surface area contributed by atoms with Crippen molar-refractivity contribution in [3.63, 3.8) is 0 Å². The highest BCUT2D eigenvalue weighted by molar-refractivity contribution is 6.31. The van der Waals surface area contributed by atoms with Gasteiger partial charge in [-0.1, -0.05) is 18.0 Å². The van der Waals surface area contributed by atoms with Gasteiger partial charge in [-0.2, -0.15) is 0 Å². The maximum atomic E-state index is 12.3. The van der Waals surface area contributed by atoms with E-state index in [2.05, 4.69) is 15.1 Å². The van der Waals surface area contributed by atoms with Gasteiger partial charge >= 0.3 is 0 Å². The van der Waals surface area contributed by atoms with E-state index in [1.165, 1.54) is 32.4 Å². The van der Waals surface area contributed by atoms with Crippen LogP contribution in [0.5, 0.6) is 5.75 Å². The van der Waals surface area contributed by atoms with Crippen molar-refractivity contribution in [3.05, 3.63) is 23.2 Å². The van der Waals surface area contributed by atoms with Crippen LogP contribution in [0, 0.1) is 0 Å². The summed E-state index contributed by atoms with van der Waals surface area (Å²) in [5.41, 5.74) is 0.946. The Hall–Kier alpha value is -1.46. The minimum atomic E-state index is 0.0352. The van der Waals surface area contributed by atoms with E-state index in [4.69, 9.17) is 16.3 Å². The smallest absolute Gasteiger partial charge is 0.222 e. The number of carbonyl (C=O) groups is 1. The van der Waals surface area contributed by atoms with E-state index in [0.717, 1.165) is 30.9 Å². The molecule has 1 aromatic rings. The summed E-state index contributed by atoms with van der Waals surface area (Å²) in [6, 6.07) is 5.63. The molecule has 0 aliphatic carbocycles. The number of nitrogens with zero attached hydrogens (tertiary/aromatic N) is 2. The summed E-state index contributed by atoms with van der Waals surface area (Å²) in [4.78, 5) is 16.8.